The molecule has 2 heterocycles. The predicted molar refractivity (Wildman–Crippen MR) is 106 cm³/mol. The summed E-state index contributed by atoms with van der Waals surface area (Å²) in [6, 6.07) is 10.9. The standard InChI is InChI=1S/C22H24N2S/c1-14-6-8-15(9-7-14)16-10-18(25-12-16)17-11-23-19-20(24-17)22(4,5)13-21(19,2)3/h6-12H,13H2,1-5H3. The minimum atomic E-state index is 0.0822. The van der Waals surface area contributed by atoms with Gasteiger partial charge in [0.2, 0.25) is 0 Å². The van der Waals surface area contributed by atoms with Crippen molar-refractivity contribution in [2.45, 2.75) is 51.9 Å². The molecule has 3 aromatic rings. The quantitative estimate of drug-likeness (QED) is 0.556. The summed E-state index contributed by atoms with van der Waals surface area (Å²) in [5.74, 6) is 0. The van der Waals surface area contributed by atoms with Gasteiger partial charge >= 0.3 is 0 Å². The second kappa shape index (κ2) is 5.50. The zero-order valence-electron chi connectivity index (χ0n) is 15.6. The fourth-order valence-electron chi connectivity index (χ4n) is 4.12. The third kappa shape index (κ3) is 2.81. The summed E-state index contributed by atoms with van der Waals surface area (Å²) < 4.78 is 0. The number of aromatic nitrogens is 2. The van der Waals surface area contributed by atoms with Gasteiger partial charge < -0.3 is 0 Å². The van der Waals surface area contributed by atoms with Crippen molar-refractivity contribution in [2.75, 3.05) is 0 Å². The molecule has 4 rings (SSSR count). The predicted octanol–water partition coefficient (Wildman–Crippen LogP) is 6.14. The molecule has 2 nitrogen and oxygen atoms in total. The van der Waals surface area contributed by atoms with Gasteiger partial charge in [-0.1, -0.05) is 57.5 Å². The first-order chi connectivity index (χ1) is 11.8. The molecule has 0 saturated carbocycles. The maximum Gasteiger partial charge on any atom is 0.0988 e. The molecule has 0 spiro atoms. The Morgan fingerprint density at radius 3 is 2.32 bits per heavy atom. The first-order valence-corrected chi connectivity index (χ1v) is 9.68. The van der Waals surface area contributed by atoms with Gasteiger partial charge in [-0.2, -0.15) is 0 Å². The summed E-state index contributed by atoms with van der Waals surface area (Å²) in [5, 5.41) is 2.21. The molecule has 0 amide bonds. The molecular weight excluding hydrogens is 324 g/mol. The van der Waals surface area contributed by atoms with E-state index in [-0.39, 0.29) is 10.8 Å². The molecule has 0 fully saturated rings. The van der Waals surface area contributed by atoms with E-state index in [1.165, 1.54) is 27.3 Å². The van der Waals surface area contributed by atoms with Crippen LogP contribution in [0.25, 0.3) is 21.7 Å². The van der Waals surface area contributed by atoms with E-state index in [0.29, 0.717) is 0 Å². The Bertz CT molecular complexity index is 933. The Labute approximate surface area is 154 Å². The fourth-order valence-corrected chi connectivity index (χ4v) is 4.99. The van der Waals surface area contributed by atoms with E-state index in [1.54, 1.807) is 11.3 Å². The maximum absolute atomic E-state index is 5.04. The Hall–Kier alpha value is -2.00. The van der Waals surface area contributed by atoms with Gasteiger partial charge in [0.25, 0.3) is 0 Å². The normalized spacial score (nSPS) is 17.5. The summed E-state index contributed by atoms with van der Waals surface area (Å²) in [4.78, 5) is 11.0. The van der Waals surface area contributed by atoms with E-state index >= 15 is 0 Å². The zero-order valence-corrected chi connectivity index (χ0v) is 16.4. The molecule has 1 aromatic carbocycles. The highest BCUT2D eigenvalue weighted by molar-refractivity contribution is 7.14. The van der Waals surface area contributed by atoms with Crippen LogP contribution in [0.4, 0.5) is 0 Å². The molecule has 1 aliphatic rings. The third-order valence-electron chi connectivity index (χ3n) is 5.18. The number of benzene rings is 1. The van der Waals surface area contributed by atoms with Gasteiger partial charge in [0, 0.05) is 10.8 Å². The van der Waals surface area contributed by atoms with Crippen molar-refractivity contribution in [3.8, 4) is 21.7 Å². The van der Waals surface area contributed by atoms with Crippen LogP contribution < -0.4 is 0 Å². The number of thiophene rings is 1. The van der Waals surface area contributed by atoms with Crippen molar-refractivity contribution in [1.82, 2.24) is 9.97 Å². The van der Waals surface area contributed by atoms with E-state index in [4.69, 9.17) is 9.97 Å². The smallest absolute Gasteiger partial charge is 0.0988 e. The first kappa shape index (κ1) is 16.5. The van der Waals surface area contributed by atoms with Crippen LogP contribution >= 0.6 is 11.3 Å². The SMILES string of the molecule is Cc1ccc(-c2csc(-c3cnc4c(n3)C(C)(C)CC4(C)C)c2)cc1. The van der Waals surface area contributed by atoms with Crippen molar-refractivity contribution < 1.29 is 0 Å². The lowest BCUT2D eigenvalue weighted by Gasteiger charge is -2.21. The second-order valence-electron chi connectivity index (χ2n) is 8.46. The molecule has 0 aliphatic heterocycles. The molecule has 0 radical (unpaired) electrons. The van der Waals surface area contributed by atoms with Crippen LogP contribution in [0.3, 0.4) is 0 Å². The summed E-state index contributed by atoms with van der Waals surface area (Å²) in [6.07, 6.45) is 3.05. The van der Waals surface area contributed by atoms with E-state index in [0.717, 1.165) is 17.8 Å². The molecule has 25 heavy (non-hydrogen) atoms. The highest BCUT2D eigenvalue weighted by Crippen LogP contribution is 2.48. The van der Waals surface area contributed by atoms with Crippen LogP contribution in [-0.4, -0.2) is 9.97 Å². The monoisotopic (exact) mass is 348 g/mol. The first-order valence-electron chi connectivity index (χ1n) is 8.80. The average Bonchev–Trinajstić information content (AvgIpc) is 3.10. The van der Waals surface area contributed by atoms with Gasteiger partial charge in [-0.3, -0.25) is 4.98 Å². The van der Waals surface area contributed by atoms with Crippen molar-refractivity contribution in [2.24, 2.45) is 0 Å². The molecule has 0 saturated heterocycles. The molecule has 1 aliphatic carbocycles. The topological polar surface area (TPSA) is 25.8 Å². The van der Waals surface area contributed by atoms with Gasteiger partial charge in [0.1, 0.15) is 0 Å². The van der Waals surface area contributed by atoms with Crippen molar-refractivity contribution in [3.63, 3.8) is 0 Å². The molecule has 0 bridgehead atoms. The lowest BCUT2D eigenvalue weighted by molar-refractivity contribution is 0.396. The van der Waals surface area contributed by atoms with E-state index < -0.39 is 0 Å². The number of hydrogen-bond donors (Lipinski definition) is 0. The summed E-state index contributed by atoms with van der Waals surface area (Å²) in [6.45, 7) is 11.2. The Kier molecular flexibility index (Phi) is 3.62. The largest absolute Gasteiger partial charge is 0.256 e. The number of rotatable bonds is 2. The molecule has 0 N–H and O–H groups in total. The van der Waals surface area contributed by atoms with Crippen LogP contribution in [0.2, 0.25) is 0 Å². The average molecular weight is 349 g/mol. The van der Waals surface area contributed by atoms with Crippen LogP contribution in [0, 0.1) is 6.92 Å². The summed E-state index contributed by atoms with van der Waals surface area (Å²) in [7, 11) is 0. The van der Waals surface area contributed by atoms with Crippen molar-refractivity contribution in [3.05, 3.63) is 58.9 Å². The maximum atomic E-state index is 5.04. The highest BCUT2D eigenvalue weighted by Gasteiger charge is 2.44. The summed E-state index contributed by atoms with van der Waals surface area (Å²) in [5.41, 5.74) is 7.30. The summed E-state index contributed by atoms with van der Waals surface area (Å²) >= 11 is 1.74. The van der Waals surface area contributed by atoms with E-state index in [2.05, 4.69) is 70.3 Å². The van der Waals surface area contributed by atoms with Gasteiger partial charge in [0.05, 0.1) is 28.2 Å². The minimum absolute atomic E-state index is 0.0822. The number of fused-ring (bicyclic) bond motifs is 1. The molecule has 2 aromatic heterocycles. The number of aryl methyl sites for hydroxylation is 1. The van der Waals surface area contributed by atoms with Gasteiger partial charge in [-0.15, -0.1) is 11.3 Å². The Morgan fingerprint density at radius 2 is 1.60 bits per heavy atom. The van der Waals surface area contributed by atoms with E-state index in [9.17, 15) is 0 Å². The van der Waals surface area contributed by atoms with Crippen LogP contribution in [0.1, 0.15) is 51.1 Å². The lowest BCUT2D eigenvalue weighted by Crippen LogP contribution is -2.18. The Balaban J connectivity index is 1.74. The van der Waals surface area contributed by atoms with Gasteiger partial charge in [-0.05, 0) is 35.9 Å². The second-order valence-corrected chi connectivity index (χ2v) is 9.37. The third-order valence-corrected chi connectivity index (χ3v) is 6.13. The van der Waals surface area contributed by atoms with Crippen LogP contribution in [0.5, 0.6) is 0 Å². The zero-order chi connectivity index (χ0) is 17.8. The number of hydrogen-bond acceptors (Lipinski definition) is 3. The molecule has 0 atom stereocenters. The van der Waals surface area contributed by atoms with Crippen molar-refractivity contribution >= 4 is 11.3 Å². The van der Waals surface area contributed by atoms with Crippen molar-refractivity contribution in [1.29, 1.82) is 0 Å². The molecule has 128 valence electrons. The Morgan fingerprint density at radius 1 is 0.920 bits per heavy atom. The van der Waals surface area contributed by atoms with Gasteiger partial charge in [-0.25, -0.2) is 4.98 Å². The molecular formula is C22H24N2S. The minimum Gasteiger partial charge on any atom is -0.256 e. The fraction of sp³-hybridized carbons (Fsp3) is 0.364. The lowest BCUT2D eigenvalue weighted by atomic mass is 9.83. The van der Waals surface area contributed by atoms with Gasteiger partial charge in [0.15, 0.2) is 0 Å². The van der Waals surface area contributed by atoms with Crippen LogP contribution in [-0.2, 0) is 10.8 Å². The molecule has 0 unspecified atom stereocenters. The number of nitrogens with zero attached hydrogens (tertiary/aromatic N) is 2. The van der Waals surface area contributed by atoms with Crippen LogP contribution in [0.15, 0.2) is 41.9 Å². The molecule has 3 heteroatoms. The van der Waals surface area contributed by atoms with E-state index in [1.807, 2.05) is 6.20 Å². The highest BCUT2D eigenvalue weighted by atomic mass is 32.1.